The molecule has 0 aromatic carbocycles. The summed E-state index contributed by atoms with van der Waals surface area (Å²) in [6.07, 6.45) is 27.1. The molecule has 0 fully saturated rings. The summed E-state index contributed by atoms with van der Waals surface area (Å²) < 4.78 is 35.4. The van der Waals surface area contributed by atoms with E-state index >= 15 is 0 Å². The molecule has 0 aliphatic heterocycles. The van der Waals surface area contributed by atoms with Gasteiger partial charge in [0.1, 0.15) is 6.20 Å². The summed E-state index contributed by atoms with van der Waals surface area (Å²) in [5.74, 6) is 1.04. The van der Waals surface area contributed by atoms with Crippen LogP contribution in [0.3, 0.4) is 0 Å². The number of aromatic nitrogens is 2. The molecule has 0 unspecified atom stereocenters. The van der Waals surface area contributed by atoms with E-state index in [-0.39, 0.29) is 6.61 Å². The van der Waals surface area contributed by atoms with Crippen molar-refractivity contribution in [2.45, 2.75) is 136 Å². The quantitative estimate of drug-likeness (QED) is 0.0758. The minimum absolute atomic E-state index is 0.0914. The van der Waals surface area contributed by atoms with Crippen LogP contribution in [0.2, 0.25) is 0 Å². The number of rotatable bonds is 20. The first kappa shape index (κ1) is 31.9. The van der Waals surface area contributed by atoms with Gasteiger partial charge in [0, 0.05) is 0 Å². The Balaban J connectivity index is 0.00000126. The van der Waals surface area contributed by atoms with Crippen molar-refractivity contribution in [2.75, 3.05) is 6.61 Å². The Hall–Kier alpha value is -1.12. The van der Waals surface area contributed by atoms with Gasteiger partial charge >= 0.3 is 0 Å². The highest BCUT2D eigenvalue weighted by Crippen LogP contribution is 2.14. The fraction of sp³-hybridized carbons (Fsp3) is 0.880. The van der Waals surface area contributed by atoms with Crippen molar-refractivity contribution >= 4 is 10.4 Å². The molecule has 0 atom stereocenters. The average Bonchev–Trinajstić information content (AvgIpc) is 3.12. The Bertz CT molecular complexity index is 662. The van der Waals surface area contributed by atoms with Gasteiger partial charge in [-0.15, -0.1) is 0 Å². The molecule has 0 bridgehead atoms. The summed E-state index contributed by atoms with van der Waals surface area (Å²) in [7, 11) is -4.42. The smallest absolute Gasteiger partial charge is 0.296 e. The molecule has 196 valence electrons. The lowest BCUT2D eigenvalue weighted by Crippen LogP contribution is -2.33. The number of hydrogen-bond acceptors (Lipinski definition) is 5. The minimum atomic E-state index is -4.42. The molecule has 1 heterocycles. The second-order valence-corrected chi connectivity index (χ2v) is 9.77. The van der Waals surface area contributed by atoms with Gasteiger partial charge < -0.3 is 9.76 Å². The summed E-state index contributed by atoms with van der Waals surface area (Å²) in [5.41, 5.74) is 0. The van der Waals surface area contributed by atoms with E-state index in [1.54, 1.807) is 6.20 Å². The second-order valence-electron chi connectivity index (χ2n) is 8.71. The summed E-state index contributed by atoms with van der Waals surface area (Å²) in [6, 6.07) is 0. The van der Waals surface area contributed by atoms with Crippen molar-refractivity contribution in [1.82, 2.24) is 4.57 Å². The molecule has 1 N–H and O–H groups in total. The highest BCUT2D eigenvalue weighted by atomic mass is 32.3. The van der Waals surface area contributed by atoms with Crippen molar-refractivity contribution in [3.05, 3.63) is 18.2 Å². The maximum Gasteiger partial charge on any atom is 0.296 e. The fourth-order valence-corrected chi connectivity index (χ4v) is 4.26. The summed E-state index contributed by atoms with van der Waals surface area (Å²) >= 11 is 0. The Morgan fingerprint density at radius 2 is 1.24 bits per heavy atom. The molecule has 0 amide bonds. The lowest BCUT2D eigenvalue weighted by Gasteiger charge is -2.03. The molecule has 1 rings (SSSR count). The van der Waals surface area contributed by atoms with E-state index in [9.17, 15) is 18.2 Å². The molecule has 0 aliphatic rings. The standard InChI is InChI=1S/C23H45N2O.C2H6O4S/c1-3-5-6-7-8-9-10-11-12-13-14-15-16-17-18-19-20-23-24(4-2)21-22-25(23)26;1-2-6-7(3,4)5/h21-22,26H,3-20H2,1-2H3;2H2,1H3,(H,3,4,5)/q+1;/p-1. The molecular weight excluding hydrogens is 440 g/mol. The lowest BCUT2D eigenvalue weighted by molar-refractivity contribution is -0.909. The summed E-state index contributed by atoms with van der Waals surface area (Å²) in [5, 5.41) is 9.78. The highest BCUT2D eigenvalue weighted by molar-refractivity contribution is 7.80. The van der Waals surface area contributed by atoms with E-state index in [1.807, 2.05) is 6.20 Å². The monoisotopic (exact) mass is 490 g/mol. The van der Waals surface area contributed by atoms with Gasteiger partial charge in [-0.2, -0.15) is 0 Å². The van der Waals surface area contributed by atoms with E-state index < -0.39 is 10.4 Å². The van der Waals surface area contributed by atoms with E-state index in [4.69, 9.17) is 0 Å². The first-order valence-electron chi connectivity index (χ1n) is 13.2. The molecule has 0 saturated heterocycles. The van der Waals surface area contributed by atoms with Crippen LogP contribution in [0.4, 0.5) is 0 Å². The van der Waals surface area contributed by atoms with Crippen molar-refractivity contribution < 1.29 is 27.1 Å². The van der Waals surface area contributed by atoms with Gasteiger partial charge in [-0.25, -0.2) is 13.0 Å². The third-order valence-electron chi connectivity index (χ3n) is 5.84. The van der Waals surface area contributed by atoms with Crippen LogP contribution < -0.4 is 4.73 Å². The highest BCUT2D eigenvalue weighted by Gasteiger charge is 2.14. The molecule has 1 aromatic heterocycles. The van der Waals surface area contributed by atoms with Crippen molar-refractivity contribution in [2.24, 2.45) is 0 Å². The van der Waals surface area contributed by atoms with Crippen LogP contribution >= 0.6 is 0 Å². The lowest BCUT2D eigenvalue weighted by atomic mass is 10.0. The molecule has 0 radical (unpaired) electrons. The van der Waals surface area contributed by atoms with E-state index in [0.717, 1.165) is 18.8 Å². The van der Waals surface area contributed by atoms with Crippen LogP contribution in [-0.4, -0.2) is 29.4 Å². The van der Waals surface area contributed by atoms with Gasteiger partial charge in [0.2, 0.25) is 10.4 Å². The predicted octanol–water partition coefficient (Wildman–Crippen LogP) is 6.32. The zero-order valence-electron chi connectivity index (χ0n) is 21.5. The maximum absolute atomic E-state index is 9.78. The van der Waals surface area contributed by atoms with Gasteiger partial charge in [-0.1, -0.05) is 108 Å². The molecule has 0 saturated carbocycles. The van der Waals surface area contributed by atoms with Crippen molar-refractivity contribution in [3.8, 4) is 0 Å². The molecule has 33 heavy (non-hydrogen) atoms. The van der Waals surface area contributed by atoms with Gasteiger partial charge in [-0.3, -0.25) is 4.18 Å². The molecule has 8 heteroatoms. The summed E-state index contributed by atoms with van der Waals surface area (Å²) in [4.78, 5) is 0. The third-order valence-corrected chi connectivity index (χ3v) is 6.36. The number of hydrogen-bond donors (Lipinski definition) is 1. The fourth-order valence-electron chi connectivity index (χ4n) is 3.97. The van der Waals surface area contributed by atoms with Crippen LogP contribution in [0.15, 0.2) is 12.4 Å². The van der Waals surface area contributed by atoms with Crippen LogP contribution in [0.5, 0.6) is 0 Å². The van der Waals surface area contributed by atoms with Gasteiger partial charge in [0.25, 0.3) is 5.82 Å². The van der Waals surface area contributed by atoms with E-state index in [1.165, 1.54) is 114 Å². The molecule has 0 spiro atoms. The van der Waals surface area contributed by atoms with Gasteiger partial charge in [-0.05, 0) is 20.3 Å². The van der Waals surface area contributed by atoms with E-state index in [2.05, 4.69) is 22.6 Å². The zero-order valence-corrected chi connectivity index (χ0v) is 22.3. The van der Waals surface area contributed by atoms with Crippen LogP contribution in [0, 0.1) is 0 Å². The Kier molecular flexibility index (Phi) is 20.7. The number of unbranched alkanes of at least 4 members (excludes halogenated alkanes) is 15. The Labute approximate surface area is 203 Å². The van der Waals surface area contributed by atoms with Crippen molar-refractivity contribution in [3.63, 3.8) is 0 Å². The molecule has 1 aromatic rings. The molecule has 7 nitrogen and oxygen atoms in total. The first-order valence-corrected chi connectivity index (χ1v) is 14.6. The summed E-state index contributed by atoms with van der Waals surface area (Å²) in [6.45, 7) is 6.68. The Morgan fingerprint density at radius 1 is 0.818 bits per heavy atom. The number of aryl methyl sites for hydroxylation is 1. The Morgan fingerprint density at radius 3 is 1.58 bits per heavy atom. The van der Waals surface area contributed by atoms with Crippen molar-refractivity contribution in [1.29, 1.82) is 0 Å². The number of imidazole rings is 1. The van der Waals surface area contributed by atoms with Crippen LogP contribution in [0.25, 0.3) is 0 Å². The SMILES string of the molecule is CCCCCCCCCCCCCCCCCCc1n(CC)cc[n+]1O.CCOS(=O)(=O)[O-]. The van der Waals surface area contributed by atoms with Gasteiger partial charge in [0.05, 0.1) is 19.6 Å². The average molecular weight is 491 g/mol. The predicted molar refractivity (Wildman–Crippen MR) is 132 cm³/mol. The normalized spacial score (nSPS) is 11.4. The maximum atomic E-state index is 9.78. The van der Waals surface area contributed by atoms with Crippen LogP contribution in [0.1, 0.15) is 129 Å². The van der Waals surface area contributed by atoms with Gasteiger partial charge in [0.15, 0.2) is 6.20 Å². The molecule has 0 aliphatic carbocycles. The van der Waals surface area contributed by atoms with Crippen LogP contribution in [-0.2, 0) is 27.5 Å². The second kappa shape index (κ2) is 21.4. The largest absolute Gasteiger partial charge is 0.726 e. The third kappa shape index (κ3) is 20.0. The number of nitrogens with zero attached hydrogens (tertiary/aromatic N) is 2. The first-order chi connectivity index (χ1) is 15.9. The molecular formula is C25H50N2O5S. The minimum Gasteiger partial charge on any atom is -0.726 e. The topological polar surface area (TPSA) is 95.5 Å². The van der Waals surface area contributed by atoms with E-state index in [0.29, 0.717) is 0 Å². The zero-order chi connectivity index (χ0) is 24.8.